The molecule has 0 unspecified atom stereocenters. The van der Waals surface area contributed by atoms with Gasteiger partial charge < -0.3 is 4.42 Å². The van der Waals surface area contributed by atoms with Crippen LogP contribution < -0.4 is 0 Å². The van der Waals surface area contributed by atoms with Gasteiger partial charge in [0, 0.05) is 22.5 Å². The second kappa shape index (κ2) is 7.58. The van der Waals surface area contributed by atoms with Gasteiger partial charge in [0.2, 0.25) is 0 Å². The highest BCUT2D eigenvalue weighted by molar-refractivity contribution is 6.09. The molecule has 0 bridgehead atoms. The Labute approximate surface area is 178 Å². The summed E-state index contributed by atoms with van der Waals surface area (Å²) in [6.07, 6.45) is 14.2. The molecule has 4 aromatic rings. The lowest BCUT2D eigenvalue weighted by Gasteiger charge is -2.21. The van der Waals surface area contributed by atoms with Crippen molar-refractivity contribution in [2.45, 2.75) is 69.6 Å². The van der Waals surface area contributed by atoms with Gasteiger partial charge in [0.25, 0.3) is 0 Å². The van der Waals surface area contributed by atoms with Crippen LogP contribution in [0.3, 0.4) is 0 Å². The maximum absolute atomic E-state index is 6.36. The van der Waals surface area contributed by atoms with Gasteiger partial charge in [0.05, 0.1) is 5.69 Å². The standard InChI is InChI=1S/C28H29NO/c1-2-7-20(8-3-1)22-13-15-26(29-18-22)24-12-6-11-23-25-17-21(19-9-4-5-10-19)14-16-27(25)30-28(23)24/h6,11-20H,1-5,7-10H2. The normalized spacial score (nSPS) is 18.5. The summed E-state index contributed by atoms with van der Waals surface area (Å²) in [5, 5.41) is 2.45. The van der Waals surface area contributed by atoms with E-state index in [9.17, 15) is 0 Å². The van der Waals surface area contributed by atoms with Crippen LogP contribution >= 0.6 is 0 Å². The van der Waals surface area contributed by atoms with Gasteiger partial charge in [-0.3, -0.25) is 4.98 Å². The lowest BCUT2D eigenvalue weighted by Crippen LogP contribution is -2.04. The van der Waals surface area contributed by atoms with Crippen molar-refractivity contribution >= 4 is 21.9 Å². The molecule has 2 heteroatoms. The SMILES string of the molecule is c1cc(-c2ccc(C3CCCCC3)cn2)c2oc3ccc(C4CCCC4)cc3c2c1. The van der Waals surface area contributed by atoms with Crippen molar-refractivity contribution in [2.75, 3.05) is 0 Å². The molecule has 2 aliphatic carbocycles. The van der Waals surface area contributed by atoms with E-state index >= 15 is 0 Å². The number of hydrogen-bond acceptors (Lipinski definition) is 2. The lowest BCUT2D eigenvalue weighted by atomic mass is 9.85. The lowest BCUT2D eigenvalue weighted by molar-refractivity contribution is 0.443. The smallest absolute Gasteiger partial charge is 0.144 e. The van der Waals surface area contributed by atoms with Crippen molar-refractivity contribution in [1.82, 2.24) is 4.98 Å². The Kier molecular flexibility index (Phi) is 4.59. The second-order valence-corrected chi connectivity index (χ2v) is 9.33. The first-order chi connectivity index (χ1) is 14.9. The van der Waals surface area contributed by atoms with E-state index in [4.69, 9.17) is 9.40 Å². The van der Waals surface area contributed by atoms with Gasteiger partial charge in [-0.1, -0.05) is 56.4 Å². The molecule has 0 saturated heterocycles. The first-order valence-electron chi connectivity index (χ1n) is 11.8. The van der Waals surface area contributed by atoms with E-state index in [0.29, 0.717) is 5.92 Å². The number of nitrogens with zero attached hydrogens (tertiary/aromatic N) is 1. The van der Waals surface area contributed by atoms with Gasteiger partial charge in [0.15, 0.2) is 0 Å². The summed E-state index contributed by atoms with van der Waals surface area (Å²) < 4.78 is 6.36. The van der Waals surface area contributed by atoms with Crippen LogP contribution in [-0.4, -0.2) is 4.98 Å². The summed E-state index contributed by atoms with van der Waals surface area (Å²) >= 11 is 0. The average Bonchev–Trinajstić information content (AvgIpc) is 3.47. The minimum atomic E-state index is 0.691. The fourth-order valence-corrected chi connectivity index (χ4v) is 5.77. The highest BCUT2D eigenvalue weighted by Crippen LogP contribution is 2.40. The molecule has 0 amide bonds. The minimum absolute atomic E-state index is 0.691. The van der Waals surface area contributed by atoms with Crippen LogP contribution in [-0.2, 0) is 0 Å². The molecule has 0 N–H and O–H groups in total. The largest absolute Gasteiger partial charge is 0.455 e. The molecular formula is C28H29NO. The Bertz CT molecular complexity index is 1170. The highest BCUT2D eigenvalue weighted by Gasteiger charge is 2.20. The summed E-state index contributed by atoms with van der Waals surface area (Å²) in [5.41, 5.74) is 6.93. The maximum Gasteiger partial charge on any atom is 0.144 e. The van der Waals surface area contributed by atoms with Crippen LogP contribution in [0.4, 0.5) is 0 Å². The van der Waals surface area contributed by atoms with E-state index in [0.717, 1.165) is 28.3 Å². The zero-order chi connectivity index (χ0) is 19.9. The van der Waals surface area contributed by atoms with Gasteiger partial charge in [0.1, 0.15) is 11.2 Å². The van der Waals surface area contributed by atoms with E-state index < -0.39 is 0 Å². The summed E-state index contributed by atoms with van der Waals surface area (Å²) in [4.78, 5) is 4.87. The van der Waals surface area contributed by atoms with Crippen LogP contribution in [0.25, 0.3) is 33.2 Å². The number of pyridine rings is 1. The molecular weight excluding hydrogens is 366 g/mol. The number of fused-ring (bicyclic) bond motifs is 3. The van der Waals surface area contributed by atoms with Crippen molar-refractivity contribution in [1.29, 1.82) is 0 Å². The number of rotatable bonds is 3. The predicted octanol–water partition coefficient (Wildman–Crippen LogP) is 8.35. The third-order valence-corrected chi connectivity index (χ3v) is 7.49. The molecule has 152 valence electrons. The summed E-state index contributed by atoms with van der Waals surface area (Å²) in [6, 6.07) is 17.8. The molecule has 2 aliphatic rings. The molecule has 0 aliphatic heterocycles. The van der Waals surface area contributed by atoms with Crippen LogP contribution in [0.1, 0.15) is 80.8 Å². The number of aromatic nitrogens is 1. The molecule has 2 aromatic carbocycles. The molecule has 2 aromatic heterocycles. The monoisotopic (exact) mass is 395 g/mol. The van der Waals surface area contributed by atoms with Gasteiger partial charge in [-0.25, -0.2) is 0 Å². The number of benzene rings is 2. The van der Waals surface area contributed by atoms with E-state index in [1.54, 1.807) is 0 Å². The van der Waals surface area contributed by atoms with E-state index in [-0.39, 0.29) is 0 Å². The quantitative estimate of drug-likeness (QED) is 0.348. The molecule has 0 spiro atoms. The molecule has 0 radical (unpaired) electrons. The fraction of sp³-hybridized carbons (Fsp3) is 0.393. The van der Waals surface area contributed by atoms with Gasteiger partial charge in [-0.05, 0) is 72.9 Å². The Morgan fingerprint density at radius 1 is 0.700 bits per heavy atom. The Morgan fingerprint density at radius 2 is 1.43 bits per heavy atom. The van der Waals surface area contributed by atoms with Crippen molar-refractivity contribution < 1.29 is 4.42 Å². The Morgan fingerprint density at radius 3 is 2.20 bits per heavy atom. The molecule has 30 heavy (non-hydrogen) atoms. The van der Waals surface area contributed by atoms with Crippen LogP contribution in [0.5, 0.6) is 0 Å². The second-order valence-electron chi connectivity index (χ2n) is 9.33. The van der Waals surface area contributed by atoms with Crippen molar-refractivity contribution in [2.24, 2.45) is 0 Å². The first kappa shape index (κ1) is 18.2. The summed E-state index contributed by atoms with van der Waals surface area (Å²) in [5.74, 6) is 1.41. The van der Waals surface area contributed by atoms with Crippen LogP contribution in [0, 0.1) is 0 Å². The zero-order valence-corrected chi connectivity index (χ0v) is 17.6. The van der Waals surface area contributed by atoms with Crippen molar-refractivity contribution in [3.63, 3.8) is 0 Å². The molecule has 2 heterocycles. The average molecular weight is 396 g/mol. The number of para-hydroxylation sites is 1. The van der Waals surface area contributed by atoms with E-state index in [1.165, 1.54) is 79.7 Å². The van der Waals surface area contributed by atoms with Gasteiger partial charge >= 0.3 is 0 Å². The molecule has 0 atom stereocenters. The zero-order valence-electron chi connectivity index (χ0n) is 17.6. The van der Waals surface area contributed by atoms with Gasteiger partial charge in [-0.2, -0.15) is 0 Å². The molecule has 6 rings (SSSR count). The Balaban J connectivity index is 1.40. The van der Waals surface area contributed by atoms with Gasteiger partial charge in [-0.15, -0.1) is 0 Å². The van der Waals surface area contributed by atoms with Crippen LogP contribution in [0.15, 0.2) is 59.1 Å². The third kappa shape index (κ3) is 3.14. The molecule has 2 fully saturated rings. The molecule has 2 saturated carbocycles. The molecule has 2 nitrogen and oxygen atoms in total. The van der Waals surface area contributed by atoms with Crippen molar-refractivity contribution in [3.8, 4) is 11.3 Å². The number of furan rings is 1. The summed E-state index contributed by atoms with van der Waals surface area (Å²) in [6.45, 7) is 0. The summed E-state index contributed by atoms with van der Waals surface area (Å²) in [7, 11) is 0. The fourth-order valence-electron chi connectivity index (χ4n) is 5.77. The highest BCUT2D eigenvalue weighted by atomic mass is 16.3. The minimum Gasteiger partial charge on any atom is -0.455 e. The van der Waals surface area contributed by atoms with Crippen LogP contribution in [0.2, 0.25) is 0 Å². The first-order valence-corrected chi connectivity index (χ1v) is 11.8. The predicted molar refractivity (Wildman–Crippen MR) is 124 cm³/mol. The van der Waals surface area contributed by atoms with Crippen molar-refractivity contribution in [3.05, 3.63) is 65.9 Å². The topological polar surface area (TPSA) is 26.0 Å². The number of hydrogen-bond donors (Lipinski definition) is 0. The Hall–Kier alpha value is -2.61. The van der Waals surface area contributed by atoms with E-state index in [2.05, 4.69) is 54.7 Å². The maximum atomic E-state index is 6.36. The van der Waals surface area contributed by atoms with E-state index in [1.807, 2.05) is 0 Å². The third-order valence-electron chi connectivity index (χ3n) is 7.49.